The van der Waals surface area contributed by atoms with Crippen LogP contribution in [0.4, 0.5) is 0 Å². The van der Waals surface area contributed by atoms with Gasteiger partial charge in [0.1, 0.15) is 5.69 Å². The second-order valence-corrected chi connectivity index (χ2v) is 8.25. The normalized spacial score (nSPS) is 19.0. The first-order chi connectivity index (χ1) is 11.1. The summed E-state index contributed by atoms with van der Waals surface area (Å²) in [6.45, 7) is 14.3. The van der Waals surface area contributed by atoms with E-state index in [0.717, 1.165) is 31.7 Å². The Morgan fingerprint density at radius 1 is 1.46 bits per heavy atom. The van der Waals surface area contributed by atoms with E-state index in [4.69, 9.17) is 0 Å². The Bertz CT molecular complexity index is 631. The van der Waals surface area contributed by atoms with Crippen molar-refractivity contribution in [2.75, 3.05) is 26.2 Å². The van der Waals surface area contributed by atoms with Gasteiger partial charge in [0.15, 0.2) is 0 Å². The van der Waals surface area contributed by atoms with Gasteiger partial charge in [0.2, 0.25) is 0 Å². The molecular weight excluding hydrogens is 304 g/mol. The van der Waals surface area contributed by atoms with E-state index < -0.39 is 5.69 Å². The van der Waals surface area contributed by atoms with Crippen molar-refractivity contribution in [2.45, 2.75) is 46.5 Å². The number of rotatable bonds is 5. The minimum Gasteiger partial charge on any atom is -0.350 e. The van der Waals surface area contributed by atoms with Crippen molar-refractivity contribution < 1.29 is 4.79 Å². The molecule has 0 spiro atoms. The fourth-order valence-corrected chi connectivity index (χ4v) is 3.07. The lowest BCUT2D eigenvalue weighted by Gasteiger charge is -2.19. The monoisotopic (exact) mass is 334 g/mol. The number of hydrogen-bond donors (Lipinski definition) is 2. The molecule has 2 rings (SSSR count). The molecule has 1 saturated heterocycles. The van der Waals surface area contributed by atoms with E-state index in [1.807, 2.05) is 20.8 Å². The summed E-state index contributed by atoms with van der Waals surface area (Å²) >= 11 is 0. The number of hydrogen-bond acceptors (Lipinski definition) is 4. The van der Waals surface area contributed by atoms with Crippen molar-refractivity contribution in [3.8, 4) is 0 Å². The molecule has 1 unspecified atom stereocenters. The van der Waals surface area contributed by atoms with Crippen LogP contribution >= 0.6 is 0 Å². The van der Waals surface area contributed by atoms with E-state index in [0.29, 0.717) is 18.4 Å². The number of nitrogens with one attached hydrogen (secondary N) is 2. The van der Waals surface area contributed by atoms with Gasteiger partial charge in [0.25, 0.3) is 5.91 Å². The lowest BCUT2D eigenvalue weighted by molar-refractivity contribution is 0.0941. The van der Waals surface area contributed by atoms with E-state index in [1.165, 1.54) is 0 Å². The highest BCUT2D eigenvalue weighted by Crippen LogP contribution is 2.19. The van der Waals surface area contributed by atoms with E-state index in [9.17, 15) is 9.59 Å². The number of carbonyl (C=O) groups is 1. The van der Waals surface area contributed by atoms with Crippen molar-refractivity contribution in [2.24, 2.45) is 11.8 Å². The van der Waals surface area contributed by atoms with E-state index >= 15 is 0 Å². The maximum atomic E-state index is 12.4. The van der Waals surface area contributed by atoms with Crippen LogP contribution in [0.2, 0.25) is 0 Å². The standard InChI is InChI=1S/C18H30N4O2/c1-12(2)10-22-7-6-13(11-22)9-19-16(23)14-8-15(18(3,4)5)21-17(24)20-14/h8,12-13H,6-7,9-11H2,1-5H3,(H,19,23)(H,20,21,24). The average Bonchev–Trinajstić information content (AvgIpc) is 2.89. The Kier molecular flexibility index (Phi) is 5.80. The average molecular weight is 334 g/mol. The van der Waals surface area contributed by atoms with Crippen molar-refractivity contribution in [3.05, 3.63) is 27.9 Å². The number of aromatic nitrogens is 2. The third kappa shape index (κ3) is 5.16. The van der Waals surface area contributed by atoms with Crippen LogP contribution in [-0.4, -0.2) is 47.0 Å². The summed E-state index contributed by atoms with van der Waals surface area (Å²) in [7, 11) is 0. The maximum Gasteiger partial charge on any atom is 0.345 e. The number of nitrogens with zero attached hydrogens (tertiary/aromatic N) is 2. The maximum absolute atomic E-state index is 12.4. The van der Waals surface area contributed by atoms with Crippen LogP contribution in [0.1, 0.15) is 57.2 Å². The Morgan fingerprint density at radius 2 is 2.17 bits per heavy atom. The molecule has 2 heterocycles. The Labute approximate surface area is 144 Å². The molecule has 1 amide bonds. The molecule has 1 aliphatic heterocycles. The second-order valence-electron chi connectivity index (χ2n) is 8.25. The van der Waals surface area contributed by atoms with Gasteiger partial charge in [-0.25, -0.2) is 4.79 Å². The molecule has 0 radical (unpaired) electrons. The summed E-state index contributed by atoms with van der Waals surface area (Å²) in [5.74, 6) is 0.861. The van der Waals surface area contributed by atoms with Gasteiger partial charge in [-0.2, -0.15) is 4.98 Å². The number of carbonyl (C=O) groups excluding carboxylic acids is 1. The summed E-state index contributed by atoms with van der Waals surface area (Å²) < 4.78 is 0. The highest BCUT2D eigenvalue weighted by atomic mass is 16.2. The first kappa shape index (κ1) is 18.6. The highest BCUT2D eigenvalue weighted by Gasteiger charge is 2.24. The minimum absolute atomic E-state index is 0.195. The molecule has 6 nitrogen and oxygen atoms in total. The zero-order valence-electron chi connectivity index (χ0n) is 15.5. The summed E-state index contributed by atoms with van der Waals surface area (Å²) in [6.07, 6.45) is 1.10. The van der Waals surface area contributed by atoms with Crippen LogP contribution in [0.25, 0.3) is 0 Å². The Morgan fingerprint density at radius 3 is 2.79 bits per heavy atom. The zero-order chi connectivity index (χ0) is 17.9. The third-order valence-corrected chi connectivity index (χ3v) is 4.33. The highest BCUT2D eigenvalue weighted by molar-refractivity contribution is 5.92. The largest absolute Gasteiger partial charge is 0.350 e. The summed E-state index contributed by atoms with van der Waals surface area (Å²) in [5, 5.41) is 2.94. The third-order valence-electron chi connectivity index (χ3n) is 4.33. The molecule has 6 heteroatoms. The molecule has 24 heavy (non-hydrogen) atoms. The number of aromatic amines is 1. The molecule has 134 valence electrons. The molecule has 0 saturated carbocycles. The topological polar surface area (TPSA) is 78.1 Å². The summed E-state index contributed by atoms with van der Waals surface area (Å²) in [4.78, 5) is 33.0. The van der Waals surface area contributed by atoms with Crippen LogP contribution in [0.5, 0.6) is 0 Å². The van der Waals surface area contributed by atoms with Gasteiger partial charge in [-0.15, -0.1) is 0 Å². The minimum atomic E-state index is -0.475. The van der Waals surface area contributed by atoms with Crippen LogP contribution in [-0.2, 0) is 5.41 Å². The number of amides is 1. The first-order valence-corrected chi connectivity index (χ1v) is 8.77. The summed E-state index contributed by atoms with van der Waals surface area (Å²) in [6, 6.07) is 1.68. The summed E-state index contributed by atoms with van der Waals surface area (Å²) in [5.41, 5.74) is 0.203. The first-order valence-electron chi connectivity index (χ1n) is 8.77. The van der Waals surface area contributed by atoms with Gasteiger partial charge in [-0.3, -0.25) is 4.79 Å². The molecule has 1 aliphatic rings. The van der Waals surface area contributed by atoms with Crippen molar-refractivity contribution >= 4 is 5.91 Å². The fourth-order valence-electron chi connectivity index (χ4n) is 3.07. The van der Waals surface area contributed by atoms with Gasteiger partial charge >= 0.3 is 5.69 Å². The van der Waals surface area contributed by atoms with E-state index in [1.54, 1.807) is 6.07 Å². The zero-order valence-corrected chi connectivity index (χ0v) is 15.5. The van der Waals surface area contributed by atoms with Crippen molar-refractivity contribution in [3.63, 3.8) is 0 Å². The van der Waals surface area contributed by atoms with Crippen molar-refractivity contribution in [1.29, 1.82) is 0 Å². The number of likely N-dealkylation sites (tertiary alicyclic amines) is 1. The van der Waals surface area contributed by atoms with Gasteiger partial charge in [-0.05, 0) is 30.9 Å². The van der Waals surface area contributed by atoms with Crippen LogP contribution in [0.3, 0.4) is 0 Å². The second kappa shape index (κ2) is 7.47. The quantitative estimate of drug-likeness (QED) is 0.860. The Hall–Kier alpha value is -1.69. The predicted molar refractivity (Wildman–Crippen MR) is 95.3 cm³/mol. The Balaban J connectivity index is 1.94. The lowest BCUT2D eigenvalue weighted by Crippen LogP contribution is -2.34. The lowest BCUT2D eigenvalue weighted by atomic mass is 9.91. The molecule has 1 aromatic rings. The van der Waals surface area contributed by atoms with Crippen molar-refractivity contribution in [1.82, 2.24) is 20.2 Å². The van der Waals surface area contributed by atoms with Crippen LogP contribution < -0.4 is 11.0 Å². The van der Waals surface area contributed by atoms with Gasteiger partial charge in [0, 0.05) is 30.7 Å². The van der Waals surface area contributed by atoms with E-state index in [-0.39, 0.29) is 17.0 Å². The molecule has 1 aromatic heterocycles. The molecule has 1 fully saturated rings. The van der Waals surface area contributed by atoms with Crippen LogP contribution in [0, 0.1) is 11.8 Å². The molecule has 2 N–H and O–H groups in total. The molecule has 0 aliphatic carbocycles. The molecule has 0 aromatic carbocycles. The molecule has 0 bridgehead atoms. The molecule has 1 atom stereocenters. The molecular formula is C18H30N4O2. The smallest absolute Gasteiger partial charge is 0.345 e. The fraction of sp³-hybridized carbons (Fsp3) is 0.722. The van der Waals surface area contributed by atoms with E-state index in [2.05, 4.69) is 34.0 Å². The van der Waals surface area contributed by atoms with Crippen LogP contribution in [0.15, 0.2) is 10.9 Å². The van der Waals surface area contributed by atoms with Gasteiger partial charge < -0.3 is 15.2 Å². The SMILES string of the molecule is CC(C)CN1CCC(CNC(=O)c2cc(C(C)(C)C)[nH]c(=O)n2)C1. The predicted octanol–water partition coefficient (Wildman–Crippen LogP) is 1.78. The van der Waals surface area contributed by atoms with Gasteiger partial charge in [-0.1, -0.05) is 34.6 Å². The van der Waals surface area contributed by atoms with Gasteiger partial charge in [0.05, 0.1) is 0 Å². The number of H-pyrrole nitrogens is 1.